The van der Waals surface area contributed by atoms with Gasteiger partial charge in [0.1, 0.15) is 0 Å². The average molecular weight is 282 g/mol. The number of amides is 1. The van der Waals surface area contributed by atoms with Gasteiger partial charge in [-0.15, -0.1) is 0 Å². The smallest absolute Gasteiger partial charge is 0.246 e. The Balaban J connectivity index is 1.96. The van der Waals surface area contributed by atoms with Crippen LogP contribution in [-0.2, 0) is 14.3 Å². The SMILES string of the molecule is CC1CN(C(=O)C=CCN(C)C)CC2(CCOCC2)O1. The predicted octanol–water partition coefficient (Wildman–Crippen LogP) is 0.901. The Bertz CT molecular complexity index is 362. The summed E-state index contributed by atoms with van der Waals surface area (Å²) in [6.45, 7) is 5.64. The van der Waals surface area contributed by atoms with E-state index in [0.717, 1.165) is 32.6 Å². The zero-order valence-electron chi connectivity index (χ0n) is 12.8. The molecule has 0 aromatic heterocycles. The maximum Gasteiger partial charge on any atom is 0.246 e. The Hall–Kier alpha value is -0.910. The standard InChI is InChI=1S/C15H26N2O3/c1-13-11-17(14(18)5-4-8-16(2)3)12-15(20-13)6-9-19-10-7-15/h4-5,13H,6-12H2,1-3H3. The number of morpholine rings is 1. The van der Waals surface area contributed by atoms with Crippen LogP contribution in [0.5, 0.6) is 0 Å². The molecule has 2 aliphatic rings. The van der Waals surface area contributed by atoms with E-state index in [1.807, 2.05) is 36.9 Å². The molecule has 0 aromatic rings. The van der Waals surface area contributed by atoms with Crippen LogP contribution in [-0.4, -0.2) is 74.4 Å². The second kappa shape index (κ2) is 6.70. The lowest BCUT2D eigenvalue weighted by atomic mass is 9.91. The monoisotopic (exact) mass is 282 g/mol. The van der Waals surface area contributed by atoms with Crippen molar-refractivity contribution >= 4 is 5.91 Å². The van der Waals surface area contributed by atoms with Gasteiger partial charge >= 0.3 is 0 Å². The van der Waals surface area contributed by atoms with Crippen LogP contribution in [0.3, 0.4) is 0 Å². The third-order valence-electron chi connectivity index (χ3n) is 3.85. The first-order valence-corrected chi connectivity index (χ1v) is 7.36. The van der Waals surface area contributed by atoms with Gasteiger partial charge in [0.2, 0.25) is 5.91 Å². The largest absolute Gasteiger partial charge is 0.381 e. The number of likely N-dealkylation sites (N-methyl/N-ethyl adjacent to an activating group) is 1. The van der Waals surface area contributed by atoms with Crippen molar-refractivity contribution < 1.29 is 14.3 Å². The molecule has 2 aliphatic heterocycles. The zero-order chi connectivity index (χ0) is 14.6. The van der Waals surface area contributed by atoms with Gasteiger partial charge in [0, 0.05) is 45.2 Å². The van der Waals surface area contributed by atoms with Gasteiger partial charge in [0.25, 0.3) is 0 Å². The molecule has 5 heteroatoms. The Kier molecular flexibility index (Phi) is 5.18. The molecule has 2 heterocycles. The third kappa shape index (κ3) is 4.04. The second-order valence-corrected chi connectivity index (χ2v) is 6.11. The number of hydrogen-bond acceptors (Lipinski definition) is 4. The van der Waals surface area contributed by atoms with Crippen LogP contribution in [0.25, 0.3) is 0 Å². The van der Waals surface area contributed by atoms with Crippen LogP contribution < -0.4 is 0 Å². The van der Waals surface area contributed by atoms with Crippen LogP contribution >= 0.6 is 0 Å². The Labute approximate surface area is 121 Å². The van der Waals surface area contributed by atoms with Crippen molar-refractivity contribution in [3.63, 3.8) is 0 Å². The highest BCUT2D eigenvalue weighted by Crippen LogP contribution is 2.31. The number of rotatable bonds is 3. The molecule has 0 bridgehead atoms. The second-order valence-electron chi connectivity index (χ2n) is 6.11. The van der Waals surface area contributed by atoms with Gasteiger partial charge in [0.05, 0.1) is 18.2 Å². The first kappa shape index (κ1) is 15.5. The van der Waals surface area contributed by atoms with Crippen LogP contribution in [0, 0.1) is 0 Å². The highest BCUT2D eigenvalue weighted by molar-refractivity contribution is 5.87. The van der Waals surface area contributed by atoms with E-state index in [-0.39, 0.29) is 17.6 Å². The zero-order valence-corrected chi connectivity index (χ0v) is 12.8. The quantitative estimate of drug-likeness (QED) is 0.721. The van der Waals surface area contributed by atoms with E-state index in [2.05, 4.69) is 0 Å². The third-order valence-corrected chi connectivity index (χ3v) is 3.85. The summed E-state index contributed by atoms with van der Waals surface area (Å²) in [6.07, 6.45) is 5.45. The molecule has 1 unspecified atom stereocenters. The molecule has 2 fully saturated rings. The Morgan fingerprint density at radius 1 is 1.40 bits per heavy atom. The van der Waals surface area contributed by atoms with Crippen molar-refractivity contribution in [2.75, 3.05) is 46.9 Å². The summed E-state index contributed by atoms with van der Waals surface area (Å²) in [4.78, 5) is 16.2. The molecule has 0 saturated carbocycles. The number of carbonyl (C=O) groups is 1. The topological polar surface area (TPSA) is 42.0 Å². The summed E-state index contributed by atoms with van der Waals surface area (Å²) in [5.74, 6) is 0.0906. The molecule has 2 rings (SSSR count). The molecule has 0 N–H and O–H groups in total. The van der Waals surface area contributed by atoms with Crippen molar-refractivity contribution in [3.8, 4) is 0 Å². The minimum atomic E-state index is -0.193. The number of carbonyl (C=O) groups excluding carboxylic acids is 1. The molecule has 0 radical (unpaired) electrons. The lowest BCUT2D eigenvalue weighted by molar-refractivity contribution is -0.187. The van der Waals surface area contributed by atoms with E-state index in [0.29, 0.717) is 13.1 Å². The molecule has 114 valence electrons. The van der Waals surface area contributed by atoms with Crippen molar-refractivity contribution in [3.05, 3.63) is 12.2 Å². The summed E-state index contributed by atoms with van der Waals surface area (Å²) < 4.78 is 11.5. The van der Waals surface area contributed by atoms with Crippen LogP contribution in [0.15, 0.2) is 12.2 Å². The molecule has 0 aromatic carbocycles. The number of hydrogen-bond donors (Lipinski definition) is 0. The maximum atomic E-state index is 12.3. The fourth-order valence-corrected chi connectivity index (χ4v) is 2.88. The Morgan fingerprint density at radius 2 is 2.10 bits per heavy atom. The molecular weight excluding hydrogens is 256 g/mol. The molecule has 1 spiro atoms. The minimum Gasteiger partial charge on any atom is -0.381 e. The molecule has 0 aliphatic carbocycles. The van der Waals surface area contributed by atoms with Gasteiger partial charge in [-0.05, 0) is 21.0 Å². The minimum absolute atomic E-state index is 0.0906. The summed E-state index contributed by atoms with van der Waals surface area (Å²) in [6, 6.07) is 0. The van der Waals surface area contributed by atoms with E-state index >= 15 is 0 Å². The fraction of sp³-hybridized carbons (Fsp3) is 0.800. The fourth-order valence-electron chi connectivity index (χ4n) is 2.88. The van der Waals surface area contributed by atoms with Crippen LogP contribution in [0.4, 0.5) is 0 Å². The van der Waals surface area contributed by atoms with E-state index in [9.17, 15) is 4.79 Å². The molecule has 5 nitrogen and oxygen atoms in total. The Morgan fingerprint density at radius 3 is 2.75 bits per heavy atom. The normalized spacial score (nSPS) is 26.6. The van der Waals surface area contributed by atoms with Crippen molar-refractivity contribution in [1.82, 2.24) is 9.80 Å². The van der Waals surface area contributed by atoms with E-state index < -0.39 is 0 Å². The molecule has 2 saturated heterocycles. The molecule has 1 atom stereocenters. The predicted molar refractivity (Wildman–Crippen MR) is 77.6 cm³/mol. The van der Waals surface area contributed by atoms with Crippen molar-refractivity contribution in [2.24, 2.45) is 0 Å². The average Bonchev–Trinajstić information content (AvgIpc) is 2.38. The lowest BCUT2D eigenvalue weighted by Gasteiger charge is -2.47. The van der Waals surface area contributed by atoms with Gasteiger partial charge in [-0.25, -0.2) is 0 Å². The lowest BCUT2D eigenvalue weighted by Crippen LogP contribution is -2.58. The van der Waals surface area contributed by atoms with Gasteiger partial charge in [0.15, 0.2) is 0 Å². The van der Waals surface area contributed by atoms with Gasteiger partial charge in [-0.1, -0.05) is 6.08 Å². The molecule has 1 amide bonds. The van der Waals surface area contributed by atoms with Gasteiger partial charge in [-0.3, -0.25) is 4.79 Å². The van der Waals surface area contributed by atoms with E-state index in [4.69, 9.17) is 9.47 Å². The van der Waals surface area contributed by atoms with Crippen molar-refractivity contribution in [2.45, 2.75) is 31.5 Å². The maximum absolute atomic E-state index is 12.3. The number of ether oxygens (including phenoxy) is 2. The summed E-state index contributed by atoms with van der Waals surface area (Å²) in [5, 5.41) is 0. The van der Waals surface area contributed by atoms with E-state index in [1.54, 1.807) is 6.08 Å². The summed E-state index contributed by atoms with van der Waals surface area (Å²) in [7, 11) is 3.98. The molecule has 20 heavy (non-hydrogen) atoms. The van der Waals surface area contributed by atoms with Gasteiger partial charge in [-0.2, -0.15) is 0 Å². The summed E-state index contributed by atoms with van der Waals surface area (Å²) >= 11 is 0. The number of nitrogens with zero attached hydrogens (tertiary/aromatic N) is 2. The van der Waals surface area contributed by atoms with Gasteiger partial charge < -0.3 is 19.3 Å². The summed E-state index contributed by atoms with van der Waals surface area (Å²) in [5.41, 5.74) is -0.193. The highest BCUT2D eigenvalue weighted by atomic mass is 16.5. The first-order valence-electron chi connectivity index (χ1n) is 7.36. The van der Waals surface area contributed by atoms with Crippen LogP contribution in [0.2, 0.25) is 0 Å². The molecular formula is C15H26N2O3. The van der Waals surface area contributed by atoms with E-state index in [1.165, 1.54) is 0 Å². The van der Waals surface area contributed by atoms with Crippen molar-refractivity contribution in [1.29, 1.82) is 0 Å². The first-order chi connectivity index (χ1) is 9.51. The van der Waals surface area contributed by atoms with Crippen LogP contribution in [0.1, 0.15) is 19.8 Å². The highest BCUT2D eigenvalue weighted by Gasteiger charge is 2.41.